The molecule has 0 spiro atoms. The quantitative estimate of drug-likeness (QED) is 0.615. The largest absolute Gasteiger partial charge is 0.444 e. The molecule has 0 fully saturated rings. The Morgan fingerprint density at radius 3 is 1.84 bits per heavy atom. The van der Waals surface area contributed by atoms with E-state index in [0.717, 1.165) is 0 Å². The summed E-state index contributed by atoms with van der Waals surface area (Å²) < 4.78 is 9.65. The minimum Gasteiger partial charge on any atom is -0.444 e. The highest BCUT2D eigenvalue weighted by Gasteiger charge is 2.29. The van der Waals surface area contributed by atoms with Crippen LogP contribution in [-0.4, -0.2) is 29.7 Å². The van der Waals surface area contributed by atoms with Crippen molar-refractivity contribution in [2.75, 3.05) is 0 Å². The lowest BCUT2D eigenvalue weighted by atomic mass is 9.97. The Kier molecular flexibility index (Phi) is 5.53. The fraction of sp³-hybridized carbons (Fsp3) is 0.769. The predicted molar refractivity (Wildman–Crippen MR) is 69.4 cm³/mol. The number of nitrogens with one attached hydrogen (secondary N) is 1. The lowest BCUT2D eigenvalue weighted by Gasteiger charge is -2.22. The molecule has 0 radical (unpaired) electrons. The zero-order chi connectivity index (χ0) is 15.4. The van der Waals surface area contributed by atoms with Crippen LogP contribution in [-0.2, 0) is 19.1 Å². The van der Waals surface area contributed by atoms with Gasteiger partial charge in [-0.3, -0.25) is 4.79 Å². The lowest BCUT2D eigenvalue weighted by molar-refractivity contribution is -0.166. The van der Waals surface area contributed by atoms with Crippen molar-refractivity contribution in [2.24, 2.45) is 5.41 Å². The van der Waals surface area contributed by atoms with Gasteiger partial charge in [0, 0.05) is 0 Å². The number of carbonyl (C=O) groups is 3. The van der Waals surface area contributed by atoms with Crippen LogP contribution in [0, 0.1) is 5.41 Å². The molecule has 110 valence electrons. The van der Waals surface area contributed by atoms with Gasteiger partial charge in [0.2, 0.25) is 0 Å². The highest BCUT2D eigenvalue weighted by Crippen LogP contribution is 2.15. The van der Waals surface area contributed by atoms with E-state index in [4.69, 9.17) is 4.74 Å². The van der Waals surface area contributed by atoms with Crippen LogP contribution in [0.5, 0.6) is 0 Å². The third kappa shape index (κ3) is 7.43. The van der Waals surface area contributed by atoms with Gasteiger partial charge in [-0.1, -0.05) is 0 Å². The van der Waals surface area contributed by atoms with E-state index in [9.17, 15) is 14.4 Å². The molecule has 0 aliphatic rings. The van der Waals surface area contributed by atoms with Gasteiger partial charge in [-0.05, 0) is 48.5 Å². The summed E-state index contributed by atoms with van der Waals surface area (Å²) in [6, 6.07) is -0.957. The van der Waals surface area contributed by atoms with E-state index in [-0.39, 0.29) is 0 Å². The molecule has 0 aromatic carbocycles. The fourth-order valence-corrected chi connectivity index (χ4v) is 0.876. The van der Waals surface area contributed by atoms with E-state index in [1.807, 2.05) is 0 Å². The van der Waals surface area contributed by atoms with Crippen LogP contribution >= 0.6 is 0 Å². The summed E-state index contributed by atoms with van der Waals surface area (Å²) in [6.45, 7) is 11.4. The van der Waals surface area contributed by atoms with Crippen molar-refractivity contribution >= 4 is 18.0 Å². The van der Waals surface area contributed by atoms with Crippen LogP contribution in [0.15, 0.2) is 0 Å². The van der Waals surface area contributed by atoms with Gasteiger partial charge in [0.25, 0.3) is 0 Å². The third-order valence-corrected chi connectivity index (χ3v) is 1.89. The second-order valence-corrected chi connectivity index (χ2v) is 6.33. The summed E-state index contributed by atoms with van der Waals surface area (Å²) in [4.78, 5) is 34.5. The van der Waals surface area contributed by atoms with Crippen molar-refractivity contribution in [2.45, 2.75) is 60.1 Å². The van der Waals surface area contributed by atoms with Crippen molar-refractivity contribution in [1.82, 2.24) is 5.32 Å². The first kappa shape index (κ1) is 17.4. The summed E-state index contributed by atoms with van der Waals surface area (Å²) in [5.41, 5.74) is -1.43. The third-order valence-electron chi connectivity index (χ3n) is 1.89. The Labute approximate surface area is 113 Å². The van der Waals surface area contributed by atoms with Crippen LogP contribution in [0.25, 0.3) is 0 Å². The van der Waals surface area contributed by atoms with Crippen LogP contribution in [0.1, 0.15) is 48.5 Å². The summed E-state index contributed by atoms with van der Waals surface area (Å²) in [5, 5.41) is 2.31. The first-order valence-corrected chi connectivity index (χ1v) is 6.08. The number of amides is 1. The molecule has 0 saturated heterocycles. The molecule has 1 N–H and O–H groups in total. The average Bonchev–Trinajstić information content (AvgIpc) is 2.12. The summed E-state index contributed by atoms with van der Waals surface area (Å²) >= 11 is 0. The first-order chi connectivity index (χ1) is 8.33. The second-order valence-electron chi connectivity index (χ2n) is 6.33. The fourth-order valence-electron chi connectivity index (χ4n) is 0.876. The maximum Gasteiger partial charge on any atom is 0.408 e. The van der Waals surface area contributed by atoms with Gasteiger partial charge >= 0.3 is 18.0 Å². The Bertz CT molecular complexity index is 362. The van der Waals surface area contributed by atoms with Gasteiger partial charge in [0.15, 0.2) is 0 Å². The summed E-state index contributed by atoms with van der Waals surface area (Å²) in [5.74, 6) is -1.46. The normalized spacial score (nSPS) is 13.4. The Balaban J connectivity index is 4.37. The van der Waals surface area contributed by atoms with Gasteiger partial charge in [-0.15, -0.1) is 0 Å². The SMILES string of the molecule is CC(NC(=O)OC(C)(C)C)C(=O)OC(=O)C(C)(C)C. The molecule has 0 saturated carbocycles. The maximum absolute atomic E-state index is 11.6. The molecule has 6 nitrogen and oxygen atoms in total. The average molecular weight is 273 g/mol. The molecular weight excluding hydrogens is 250 g/mol. The highest BCUT2D eigenvalue weighted by molar-refractivity contribution is 5.91. The zero-order valence-corrected chi connectivity index (χ0v) is 12.6. The van der Waals surface area contributed by atoms with Gasteiger partial charge in [-0.25, -0.2) is 9.59 Å². The minimum absolute atomic E-state index is 0.643. The Morgan fingerprint density at radius 2 is 1.47 bits per heavy atom. The molecule has 19 heavy (non-hydrogen) atoms. The summed E-state index contributed by atoms with van der Waals surface area (Å²) in [7, 11) is 0. The van der Waals surface area contributed by atoms with E-state index in [0.29, 0.717) is 0 Å². The smallest absolute Gasteiger partial charge is 0.408 e. The van der Waals surface area contributed by atoms with Crippen LogP contribution in [0.4, 0.5) is 4.79 Å². The molecule has 1 atom stereocenters. The second kappa shape index (κ2) is 6.04. The molecule has 0 rings (SSSR count). The van der Waals surface area contributed by atoms with Crippen molar-refractivity contribution in [3.05, 3.63) is 0 Å². The molecule has 0 heterocycles. The molecule has 0 aliphatic carbocycles. The van der Waals surface area contributed by atoms with E-state index in [1.54, 1.807) is 41.5 Å². The molecule has 0 aromatic heterocycles. The molecular formula is C13H23NO5. The monoisotopic (exact) mass is 273 g/mol. The van der Waals surface area contributed by atoms with E-state index in [2.05, 4.69) is 10.1 Å². The minimum atomic E-state index is -0.957. The summed E-state index contributed by atoms with van der Waals surface area (Å²) in [6.07, 6.45) is -0.736. The first-order valence-electron chi connectivity index (χ1n) is 6.08. The molecule has 0 bridgehead atoms. The van der Waals surface area contributed by atoms with E-state index < -0.39 is 35.1 Å². The maximum atomic E-state index is 11.6. The topological polar surface area (TPSA) is 81.7 Å². The number of carbonyl (C=O) groups excluding carboxylic acids is 3. The molecule has 1 unspecified atom stereocenters. The number of hydrogen-bond acceptors (Lipinski definition) is 5. The number of rotatable bonds is 2. The van der Waals surface area contributed by atoms with Crippen LogP contribution in [0.3, 0.4) is 0 Å². The van der Waals surface area contributed by atoms with Crippen LogP contribution in [0.2, 0.25) is 0 Å². The standard InChI is InChI=1S/C13H23NO5/c1-8(14-11(17)19-13(5,6)7)9(15)18-10(16)12(2,3)4/h8H,1-7H3,(H,14,17). The molecule has 0 aliphatic heterocycles. The van der Waals surface area contributed by atoms with Crippen molar-refractivity contribution in [1.29, 1.82) is 0 Å². The van der Waals surface area contributed by atoms with Gasteiger partial charge < -0.3 is 14.8 Å². The Hall–Kier alpha value is -1.59. The van der Waals surface area contributed by atoms with Crippen LogP contribution < -0.4 is 5.32 Å². The lowest BCUT2D eigenvalue weighted by Crippen LogP contribution is -2.43. The van der Waals surface area contributed by atoms with E-state index in [1.165, 1.54) is 6.92 Å². The predicted octanol–water partition coefficient (Wildman–Crippen LogP) is 2.02. The molecule has 0 aromatic rings. The highest BCUT2D eigenvalue weighted by atomic mass is 16.6. The van der Waals surface area contributed by atoms with E-state index >= 15 is 0 Å². The van der Waals surface area contributed by atoms with Crippen molar-refractivity contribution < 1.29 is 23.9 Å². The van der Waals surface area contributed by atoms with Crippen molar-refractivity contribution in [3.63, 3.8) is 0 Å². The van der Waals surface area contributed by atoms with Gasteiger partial charge in [0.05, 0.1) is 5.41 Å². The van der Waals surface area contributed by atoms with Gasteiger partial charge in [-0.2, -0.15) is 0 Å². The van der Waals surface area contributed by atoms with Crippen molar-refractivity contribution in [3.8, 4) is 0 Å². The Morgan fingerprint density at radius 1 is 1.00 bits per heavy atom. The molecule has 1 amide bonds. The number of hydrogen-bond donors (Lipinski definition) is 1. The number of esters is 2. The zero-order valence-electron chi connectivity index (χ0n) is 12.6. The molecule has 6 heteroatoms. The number of alkyl carbamates (subject to hydrolysis) is 1. The van der Waals surface area contributed by atoms with Gasteiger partial charge in [0.1, 0.15) is 11.6 Å². The number of ether oxygens (including phenoxy) is 2.